The lowest BCUT2D eigenvalue weighted by Gasteiger charge is -2.34. The first-order valence-electron chi connectivity index (χ1n) is 7.28. The molecule has 5 nitrogen and oxygen atoms in total. The van der Waals surface area contributed by atoms with Gasteiger partial charge in [-0.15, -0.1) is 0 Å². The van der Waals surface area contributed by atoms with E-state index in [1.807, 2.05) is 6.07 Å². The van der Waals surface area contributed by atoms with Crippen LogP contribution in [0, 0.1) is 6.92 Å². The molecule has 1 fully saturated rings. The maximum Gasteiger partial charge on any atom is 0.245 e. The molecule has 1 aliphatic rings. The molecular formula is C15H18ClN3O2S. The van der Waals surface area contributed by atoms with E-state index >= 15 is 0 Å². The number of hydrogen-bond acceptors (Lipinski definition) is 3. The van der Waals surface area contributed by atoms with Crippen molar-refractivity contribution in [2.24, 2.45) is 0 Å². The quantitative estimate of drug-likeness (QED) is 0.933. The van der Waals surface area contributed by atoms with Crippen LogP contribution in [0.2, 0.25) is 5.02 Å². The van der Waals surface area contributed by atoms with Gasteiger partial charge in [0.15, 0.2) is 0 Å². The molecule has 1 atom stereocenters. The summed E-state index contributed by atoms with van der Waals surface area (Å²) < 4.78 is 27.8. The van der Waals surface area contributed by atoms with E-state index in [2.05, 4.69) is 10.2 Å². The molecule has 0 amide bonds. The highest BCUT2D eigenvalue weighted by atomic mass is 35.5. The van der Waals surface area contributed by atoms with Crippen molar-refractivity contribution in [2.75, 3.05) is 6.54 Å². The number of sulfonamides is 1. The third-order valence-corrected chi connectivity index (χ3v) is 6.60. The zero-order chi connectivity index (χ0) is 15.7. The minimum atomic E-state index is -3.64. The first-order chi connectivity index (χ1) is 10.5. The molecule has 1 N–H and O–H groups in total. The number of aromatic amines is 1. The van der Waals surface area contributed by atoms with E-state index in [0.29, 0.717) is 12.1 Å². The number of piperidine rings is 1. The van der Waals surface area contributed by atoms with E-state index in [1.54, 1.807) is 35.6 Å². The van der Waals surface area contributed by atoms with Crippen molar-refractivity contribution < 1.29 is 8.42 Å². The Morgan fingerprint density at radius 3 is 2.82 bits per heavy atom. The van der Waals surface area contributed by atoms with E-state index in [4.69, 9.17) is 11.6 Å². The van der Waals surface area contributed by atoms with Gasteiger partial charge in [0.1, 0.15) is 4.90 Å². The first-order valence-corrected chi connectivity index (χ1v) is 9.10. The van der Waals surface area contributed by atoms with Crippen LogP contribution in [0.15, 0.2) is 35.4 Å². The molecule has 1 aromatic heterocycles. The Kier molecular flexibility index (Phi) is 4.25. The van der Waals surface area contributed by atoms with E-state index in [9.17, 15) is 8.42 Å². The van der Waals surface area contributed by atoms with Gasteiger partial charge in [0, 0.05) is 12.7 Å². The molecule has 1 saturated heterocycles. The molecule has 0 radical (unpaired) electrons. The molecule has 0 aliphatic carbocycles. The van der Waals surface area contributed by atoms with Gasteiger partial charge in [-0.3, -0.25) is 5.10 Å². The average molecular weight is 340 g/mol. The number of benzene rings is 1. The molecule has 1 unspecified atom stereocenters. The van der Waals surface area contributed by atoms with E-state index in [0.717, 1.165) is 25.0 Å². The molecule has 1 aliphatic heterocycles. The summed E-state index contributed by atoms with van der Waals surface area (Å²) in [4.78, 5) is 0.211. The van der Waals surface area contributed by atoms with Crippen molar-refractivity contribution >= 4 is 21.6 Å². The molecule has 118 valence electrons. The van der Waals surface area contributed by atoms with Crippen molar-refractivity contribution in [3.8, 4) is 0 Å². The lowest BCUT2D eigenvalue weighted by Crippen LogP contribution is -2.39. The minimum Gasteiger partial charge on any atom is -0.281 e. The predicted molar refractivity (Wildman–Crippen MR) is 85.3 cm³/mol. The SMILES string of the molecule is Cc1cccc(Cl)c1S(=O)(=O)N1CCCCC1c1ccn[nH]1. The summed E-state index contributed by atoms with van der Waals surface area (Å²) in [5.74, 6) is 0. The van der Waals surface area contributed by atoms with Gasteiger partial charge in [-0.1, -0.05) is 30.2 Å². The lowest BCUT2D eigenvalue weighted by atomic mass is 10.0. The summed E-state index contributed by atoms with van der Waals surface area (Å²) in [6.07, 6.45) is 4.28. The summed E-state index contributed by atoms with van der Waals surface area (Å²) >= 11 is 6.18. The fourth-order valence-corrected chi connectivity index (χ4v) is 5.48. The van der Waals surface area contributed by atoms with Crippen LogP contribution in [0.3, 0.4) is 0 Å². The standard InChI is InChI=1S/C15H18ClN3O2S/c1-11-5-4-6-12(16)15(11)22(20,21)19-10-3-2-7-14(19)13-8-9-17-18-13/h4-6,8-9,14H,2-3,7,10H2,1H3,(H,17,18). The van der Waals surface area contributed by atoms with Crippen molar-refractivity contribution in [3.63, 3.8) is 0 Å². The number of rotatable bonds is 3. The van der Waals surface area contributed by atoms with Crippen LogP contribution in [-0.2, 0) is 10.0 Å². The van der Waals surface area contributed by atoms with Gasteiger partial charge < -0.3 is 0 Å². The zero-order valence-corrected chi connectivity index (χ0v) is 13.9. The van der Waals surface area contributed by atoms with Crippen molar-refractivity contribution in [2.45, 2.75) is 37.1 Å². The average Bonchev–Trinajstić information content (AvgIpc) is 3.01. The Morgan fingerprint density at radius 1 is 1.32 bits per heavy atom. The van der Waals surface area contributed by atoms with Crippen molar-refractivity contribution in [1.29, 1.82) is 0 Å². The van der Waals surface area contributed by atoms with Crippen LogP contribution in [0.25, 0.3) is 0 Å². The van der Waals surface area contributed by atoms with Gasteiger partial charge in [0.25, 0.3) is 0 Å². The Labute approximate surface area is 135 Å². The fourth-order valence-electron chi connectivity index (χ4n) is 3.02. The largest absolute Gasteiger partial charge is 0.281 e. The highest BCUT2D eigenvalue weighted by Gasteiger charge is 2.36. The van der Waals surface area contributed by atoms with Gasteiger partial charge in [-0.2, -0.15) is 9.40 Å². The number of hydrogen-bond donors (Lipinski definition) is 1. The van der Waals surface area contributed by atoms with E-state index < -0.39 is 10.0 Å². The predicted octanol–water partition coefficient (Wildman–Crippen LogP) is 3.29. The normalized spacial score (nSPS) is 20.2. The van der Waals surface area contributed by atoms with Crippen LogP contribution >= 0.6 is 11.6 Å². The Balaban J connectivity index is 2.07. The Morgan fingerprint density at radius 2 is 2.14 bits per heavy atom. The third kappa shape index (κ3) is 2.66. The molecule has 7 heteroatoms. The summed E-state index contributed by atoms with van der Waals surface area (Å²) in [5.41, 5.74) is 1.49. The Hall–Kier alpha value is -1.37. The lowest BCUT2D eigenvalue weighted by molar-refractivity contribution is 0.251. The van der Waals surface area contributed by atoms with E-state index in [-0.39, 0.29) is 16.0 Å². The maximum atomic E-state index is 13.1. The van der Waals surface area contributed by atoms with Gasteiger partial charge in [-0.25, -0.2) is 8.42 Å². The highest BCUT2D eigenvalue weighted by molar-refractivity contribution is 7.89. The highest BCUT2D eigenvalue weighted by Crippen LogP contribution is 2.37. The smallest absolute Gasteiger partial charge is 0.245 e. The van der Waals surface area contributed by atoms with Crippen LogP contribution in [0.5, 0.6) is 0 Å². The van der Waals surface area contributed by atoms with Crippen LogP contribution in [-0.4, -0.2) is 29.5 Å². The molecule has 0 saturated carbocycles. The van der Waals surface area contributed by atoms with Gasteiger partial charge in [-0.05, 0) is 37.5 Å². The fraction of sp³-hybridized carbons (Fsp3) is 0.400. The zero-order valence-electron chi connectivity index (χ0n) is 12.3. The second-order valence-corrected chi connectivity index (χ2v) is 7.76. The second-order valence-electron chi connectivity index (χ2n) is 5.53. The van der Waals surface area contributed by atoms with Gasteiger partial charge in [0.05, 0.1) is 16.8 Å². The Bertz CT molecular complexity index is 739. The summed E-state index contributed by atoms with van der Waals surface area (Å²) in [6, 6.07) is 6.78. The topological polar surface area (TPSA) is 66.1 Å². The van der Waals surface area contributed by atoms with Gasteiger partial charge >= 0.3 is 0 Å². The summed E-state index contributed by atoms with van der Waals surface area (Å²) in [7, 11) is -3.64. The molecule has 2 aromatic rings. The van der Waals surface area contributed by atoms with Crippen molar-refractivity contribution in [3.05, 3.63) is 46.7 Å². The number of halogens is 1. The molecule has 3 rings (SSSR count). The molecular weight excluding hydrogens is 322 g/mol. The third-order valence-electron chi connectivity index (χ3n) is 4.07. The van der Waals surface area contributed by atoms with Crippen LogP contribution in [0.1, 0.15) is 36.6 Å². The molecule has 1 aromatic carbocycles. The number of nitrogens with zero attached hydrogens (tertiary/aromatic N) is 2. The molecule has 22 heavy (non-hydrogen) atoms. The summed E-state index contributed by atoms with van der Waals surface area (Å²) in [5, 5.41) is 7.12. The monoisotopic (exact) mass is 339 g/mol. The molecule has 2 heterocycles. The summed E-state index contributed by atoms with van der Waals surface area (Å²) in [6.45, 7) is 2.27. The number of H-pyrrole nitrogens is 1. The number of aryl methyl sites for hydroxylation is 1. The van der Waals surface area contributed by atoms with Gasteiger partial charge in [0.2, 0.25) is 10.0 Å². The maximum absolute atomic E-state index is 13.1. The minimum absolute atomic E-state index is 0.211. The van der Waals surface area contributed by atoms with Crippen molar-refractivity contribution in [1.82, 2.24) is 14.5 Å². The van der Waals surface area contributed by atoms with Crippen LogP contribution < -0.4 is 0 Å². The number of nitrogens with one attached hydrogen (secondary N) is 1. The van der Waals surface area contributed by atoms with Crippen LogP contribution in [0.4, 0.5) is 0 Å². The molecule has 0 bridgehead atoms. The molecule has 0 spiro atoms. The number of aromatic nitrogens is 2. The first kappa shape index (κ1) is 15.5. The van der Waals surface area contributed by atoms with E-state index in [1.165, 1.54) is 0 Å². The second kappa shape index (κ2) is 6.02.